The molecule has 1 unspecified atom stereocenters. The van der Waals surface area contributed by atoms with Gasteiger partial charge in [-0.25, -0.2) is 4.98 Å². The number of nitrogens with one attached hydrogen (secondary N) is 1. The number of rotatable bonds is 13. The van der Waals surface area contributed by atoms with Gasteiger partial charge in [-0.1, -0.05) is 0 Å². The normalized spacial score (nSPS) is 18.8. The Hall–Kier alpha value is -6.33. The number of imide groups is 2. The lowest BCUT2D eigenvalue weighted by Gasteiger charge is -2.47. The van der Waals surface area contributed by atoms with E-state index in [-0.39, 0.29) is 35.4 Å². The fourth-order valence-electron chi connectivity index (χ4n) is 9.09. The van der Waals surface area contributed by atoms with E-state index in [1.165, 1.54) is 12.1 Å². The Labute approximate surface area is 364 Å². The molecule has 17 nitrogen and oxygen atoms in total. The van der Waals surface area contributed by atoms with Crippen LogP contribution in [0.1, 0.15) is 71.2 Å². The van der Waals surface area contributed by atoms with Crippen molar-refractivity contribution in [2.45, 2.75) is 63.1 Å². The van der Waals surface area contributed by atoms with E-state index in [0.717, 1.165) is 58.7 Å². The summed E-state index contributed by atoms with van der Waals surface area (Å²) in [5, 5.41) is 3.52. The molecular weight excluding hydrogens is 811 g/mol. The molecule has 0 radical (unpaired) electrons. The highest BCUT2D eigenvalue weighted by Gasteiger charge is 2.45. The molecule has 5 amide bonds. The highest BCUT2D eigenvalue weighted by molar-refractivity contribution is 6.23. The SMILES string of the molecule is COc1cc(-c2cn(C)c(=O)c3cnc(N(C)C)cc23)cc(OC)c1CN1CCC2(CC1)CN(C(=O)CCCCOc1ccc3c(c1)C(=O)N(C1CCC(=O)NC1=O)C3=O)CCO2. The van der Waals surface area contributed by atoms with Gasteiger partial charge in [-0.05, 0) is 74.1 Å². The van der Waals surface area contributed by atoms with Crippen LogP contribution >= 0.6 is 0 Å². The Bertz CT molecular complexity index is 2520. The number of carbonyl (C=O) groups is 5. The summed E-state index contributed by atoms with van der Waals surface area (Å²) in [5.74, 6) is 0.345. The number of unbranched alkanes of at least 4 members (excludes halogenated alkanes) is 1. The highest BCUT2D eigenvalue weighted by Crippen LogP contribution is 2.40. The molecule has 2 aromatic heterocycles. The van der Waals surface area contributed by atoms with Crippen molar-refractivity contribution in [3.05, 3.63) is 75.8 Å². The zero-order chi connectivity index (χ0) is 44.6. The second-order valence-electron chi connectivity index (χ2n) is 16.9. The molecule has 63 heavy (non-hydrogen) atoms. The van der Waals surface area contributed by atoms with Gasteiger partial charge in [-0.15, -0.1) is 0 Å². The molecule has 332 valence electrons. The second-order valence-corrected chi connectivity index (χ2v) is 16.9. The van der Waals surface area contributed by atoms with Crippen molar-refractivity contribution in [3.8, 4) is 28.4 Å². The molecule has 3 saturated heterocycles. The van der Waals surface area contributed by atoms with Crippen molar-refractivity contribution in [2.75, 3.05) is 72.6 Å². The molecule has 0 bridgehead atoms. The van der Waals surface area contributed by atoms with Gasteiger partial charge in [0.1, 0.15) is 29.1 Å². The van der Waals surface area contributed by atoms with Gasteiger partial charge in [0.25, 0.3) is 17.4 Å². The number of hydrogen-bond donors (Lipinski definition) is 1. The van der Waals surface area contributed by atoms with Crippen LogP contribution in [-0.4, -0.2) is 133 Å². The summed E-state index contributed by atoms with van der Waals surface area (Å²) in [6, 6.07) is 9.53. The van der Waals surface area contributed by atoms with Gasteiger partial charge >= 0.3 is 0 Å². The van der Waals surface area contributed by atoms with Gasteiger partial charge in [0.05, 0.1) is 55.1 Å². The minimum atomic E-state index is -1.03. The molecule has 4 aromatic rings. The quantitative estimate of drug-likeness (QED) is 0.153. The van der Waals surface area contributed by atoms with E-state index in [2.05, 4.69) is 15.2 Å². The van der Waals surface area contributed by atoms with E-state index in [1.54, 1.807) is 38.1 Å². The summed E-state index contributed by atoms with van der Waals surface area (Å²) >= 11 is 0. The summed E-state index contributed by atoms with van der Waals surface area (Å²) in [4.78, 5) is 88.2. The van der Waals surface area contributed by atoms with Crippen LogP contribution < -0.4 is 30.0 Å². The van der Waals surface area contributed by atoms with E-state index in [4.69, 9.17) is 18.9 Å². The van der Waals surface area contributed by atoms with Crippen LogP contribution in [0.5, 0.6) is 17.2 Å². The number of piperidine rings is 2. The fourth-order valence-corrected chi connectivity index (χ4v) is 9.09. The largest absolute Gasteiger partial charge is 0.496 e. The molecule has 1 spiro atoms. The lowest BCUT2D eigenvalue weighted by Crippen LogP contribution is -2.57. The molecule has 1 N–H and O–H groups in total. The van der Waals surface area contributed by atoms with Crippen molar-refractivity contribution in [1.82, 2.24) is 29.6 Å². The van der Waals surface area contributed by atoms with Crippen LogP contribution in [-0.2, 0) is 32.7 Å². The molecule has 4 aliphatic rings. The molecule has 0 aliphatic carbocycles. The van der Waals surface area contributed by atoms with Crippen LogP contribution in [0.25, 0.3) is 21.9 Å². The summed E-state index contributed by atoms with van der Waals surface area (Å²) in [5.41, 5.74) is 2.43. The molecule has 4 aliphatic heterocycles. The zero-order valence-electron chi connectivity index (χ0n) is 36.4. The Kier molecular flexibility index (Phi) is 12.2. The van der Waals surface area contributed by atoms with Crippen LogP contribution in [0.15, 0.2) is 53.6 Å². The number of likely N-dealkylation sites (tertiary alicyclic amines) is 1. The maximum atomic E-state index is 13.4. The number of aryl methyl sites for hydroxylation is 1. The molecule has 8 rings (SSSR count). The van der Waals surface area contributed by atoms with E-state index in [0.29, 0.717) is 74.7 Å². The number of pyridine rings is 2. The van der Waals surface area contributed by atoms with E-state index in [9.17, 15) is 28.8 Å². The maximum Gasteiger partial charge on any atom is 0.262 e. The predicted molar refractivity (Wildman–Crippen MR) is 232 cm³/mol. The van der Waals surface area contributed by atoms with Crippen molar-refractivity contribution < 1.29 is 42.9 Å². The molecule has 0 saturated carbocycles. The third-order valence-corrected chi connectivity index (χ3v) is 12.6. The number of fused-ring (bicyclic) bond motifs is 2. The summed E-state index contributed by atoms with van der Waals surface area (Å²) in [6.07, 6.45) is 6.71. The Balaban J connectivity index is 0.836. The smallest absolute Gasteiger partial charge is 0.262 e. The van der Waals surface area contributed by atoms with Gasteiger partial charge in [-0.3, -0.25) is 43.9 Å². The highest BCUT2D eigenvalue weighted by atomic mass is 16.5. The number of benzene rings is 2. The van der Waals surface area contributed by atoms with Crippen LogP contribution in [0.2, 0.25) is 0 Å². The number of methoxy groups -OCH3 is 2. The predicted octanol–water partition coefficient (Wildman–Crippen LogP) is 3.53. The number of nitrogens with zero attached hydrogens (tertiary/aromatic N) is 6. The van der Waals surface area contributed by atoms with Crippen molar-refractivity contribution in [3.63, 3.8) is 0 Å². The van der Waals surface area contributed by atoms with Gasteiger partial charge in [0.15, 0.2) is 0 Å². The molecule has 2 aromatic carbocycles. The molecule has 17 heteroatoms. The molecule has 1 atom stereocenters. The summed E-state index contributed by atoms with van der Waals surface area (Å²) in [7, 11) is 8.86. The van der Waals surface area contributed by atoms with Crippen molar-refractivity contribution >= 4 is 46.1 Å². The molecular formula is C46H53N7O10. The first kappa shape index (κ1) is 43.3. The van der Waals surface area contributed by atoms with Gasteiger partial charge in [0, 0.05) is 90.1 Å². The molecule has 3 fully saturated rings. The number of hydrogen-bond acceptors (Lipinski definition) is 13. The number of ether oxygens (including phenoxy) is 4. The average Bonchev–Trinajstić information content (AvgIpc) is 3.52. The average molecular weight is 864 g/mol. The van der Waals surface area contributed by atoms with Gasteiger partial charge in [-0.2, -0.15) is 0 Å². The van der Waals surface area contributed by atoms with Crippen molar-refractivity contribution in [2.24, 2.45) is 7.05 Å². The second kappa shape index (κ2) is 17.8. The van der Waals surface area contributed by atoms with E-state index in [1.807, 2.05) is 48.3 Å². The first-order valence-electron chi connectivity index (χ1n) is 21.3. The minimum Gasteiger partial charge on any atom is -0.496 e. The van der Waals surface area contributed by atoms with Gasteiger partial charge in [0.2, 0.25) is 17.7 Å². The number of morpholine rings is 1. The standard InChI is InChI=1S/C46H53N7O10/c1-49(2)39-23-31-33(24-47-39)43(57)50(3)25-34(31)28-20-37(60-4)35(38(21-28)61-5)26-51-15-13-46(14-16-51)27-52(17-19-63-46)41(55)8-6-7-18-62-29-9-10-30-32(22-29)45(59)53(44(30)58)36-11-12-40(54)48-42(36)56/h9-10,20-25,36H,6-8,11-19,26-27H2,1-5H3,(H,48,54,56). The zero-order valence-corrected chi connectivity index (χ0v) is 36.4. The monoisotopic (exact) mass is 863 g/mol. The van der Waals surface area contributed by atoms with Crippen LogP contribution in [0.4, 0.5) is 5.82 Å². The minimum absolute atomic E-state index is 0.0501. The maximum absolute atomic E-state index is 13.4. The lowest BCUT2D eigenvalue weighted by molar-refractivity contribution is -0.159. The number of aromatic nitrogens is 2. The van der Waals surface area contributed by atoms with E-state index >= 15 is 0 Å². The Morgan fingerprint density at radius 2 is 1.65 bits per heavy atom. The first-order valence-corrected chi connectivity index (χ1v) is 21.3. The van der Waals surface area contributed by atoms with Gasteiger partial charge < -0.3 is 33.3 Å². The Morgan fingerprint density at radius 1 is 0.921 bits per heavy atom. The summed E-state index contributed by atoms with van der Waals surface area (Å²) < 4.78 is 25.8. The third-order valence-electron chi connectivity index (χ3n) is 12.6. The van der Waals surface area contributed by atoms with Crippen LogP contribution in [0.3, 0.4) is 0 Å². The fraction of sp³-hybridized carbons (Fsp3) is 0.457. The number of amides is 5. The Morgan fingerprint density at radius 3 is 2.35 bits per heavy atom. The third kappa shape index (κ3) is 8.58. The van der Waals surface area contributed by atoms with Crippen molar-refractivity contribution in [1.29, 1.82) is 0 Å². The number of anilines is 1. The molecule has 6 heterocycles. The van der Waals surface area contributed by atoms with Crippen LogP contribution in [0, 0.1) is 0 Å². The lowest BCUT2D eigenvalue weighted by atomic mass is 9.88. The first-order chi connectivity index (χ1) is 30.3. The number of carbonyl (C=O) groups excluding carboxylic acids is 5. The summed E-state index contributed by atoms with van der Waals surface area (Å²) in [6.45, 7) is 3.98. The van der Waals surface area contributed by atoms with E-state index < -0.39 is 35.3 Å². The topological polar surface area (TPSA) is 182 Å².